The SMILES string of the molecule is COC(C[S+]([O-])c1ccccc1)=C1CC[C@H]2[C@@H]3C[C@H](C)C4=CC(=O)CC[C@]4(C)[C@H]3CC[C@]12C. The molecule has 0 aliphatic heterocycles. The fourth-order valence-electron chi connectivity index (χ4n) is 8.30. The quantitative estimate of drug-likeness (QED) is 0.377. The van der Waals surface area contributed by atoms with E-state index in [2.05, 4.69) is 20.8 Å². The van der Waals surface area contributed by atoms with Gasteiger partial charge in [-0.15, -0.1) is 0 Å². The van der Waals surface area contributed by atoms with E-state index in [0.717, 1.165) is 23.5 Å². The third-order valence-corrected chi connectivity index (χ3v) is 11.2. The van der Waals surface area contributed by atoms with Crippen LogP contribution in [0.4, 0.5) is 0 Å². The Labute approximate surface area is 202 Å². The van der Waals surface area contributed by atoms with Gasteiger partial charge in [0.25, 0.3) is 0 Å². The van der Waals surface area contributed by atoms with Crippen molar-refractivity contribution in [3.63, 3.8) is 0 Å². The first kappa shape index (κ1) is 23.2. The van der Waals surface area contributed by atoms with Gasteiger partial charge >= 0.3 is 0 Å². The van der Waals surface area contributed by atoms with Gasteiger partial charge in [-0.25, -0.2) is 0 Å². The summed E-state index contributed by atoms with van der Waals surface area (Å²) < 4.78 is 19.1. The molecule has 1 unspecified atom stereocenters. The summed E-state index contributed by atoms with van der Waals surface area (Å²) in [6.07, 6.45) is 9.60. The zero-order chi connectivity index (χ0) is 23.4. The summed E-state index contributed by atoms with van der Waals surface area (Å²) in [4.78, 5) is 13.1. The molecule has 5 rings (SSSR count). The smallest absolute Gasteiger partial charge is 0.167 e. The van der Waals surface area contributed by atoms with E-state index in [1.54, 1.807) is 7.11 Å². The highest BCUT2D eigenvalue weighted by Crippen LogP contribution is 2.67. The van der Waals surface area contributed by atoms with Crippen molar-refractivity contribution in [1.29, 1.82) is 0 Å². The second kappa shape index (κ2) is 8.61. The number of allylic oxidation sites excluding steroid dienone is 2. The molecule has 4 aliphatic carbocycles. The van der Waals surface area contributed by atoms with E-state index in [-0.39, 0.29) is 10.8 Å². The summed E-state index contributed by atoms with van der Waals surface area (Å²) in [5.41, 5.74) is 3.18. The molecule has 0 saturated heterocycles. The van der Waals surface area contributed by atoms with Crippen LogP contribution in [-0.4, -0.2) is 23.2 Å². The Hall–Kier alpha value is -1.52. The molecule has 0 bridgehead atoms. The molecule has 0 radical (unpaired) electrons. The average Bonchev–Trinajstić information content (AvgIpc) is 3.16. The lowest BCUT2D eigenvalue weighted by atomic mass is 9.45. The zero-order valence-electron chi connectivity index (χ0n) is 20.6. The molecule has 0 N–H and O–H groups in total. The number of rotatable bonds is 4. The summed E-state index contributed by atoms with van der Waals surface area (Å²) in [5, 5.41) is 0. The maximum absolute atomic E-state index is 13.1. The molecule has 178 valence electrons. The zero-order valence-corrected chi connectivity index (χ0v) is 21.4. The first-order valence-electron chi connectivity index (χ1n) is 12.7. The van der Waals surface area contributed by atoms with Crippen molar-refractivity contribution in [2.75, 3.05) is 12.9 Å². The average molecular weight is 467 g/mol. The van der Waals surface area contributed by atoms with Crippen LogP contribution < -0.4 is 0 Å². The van der Waals surface area contributed by atoms with Gasteiger partial charge in [0.1, 0.15) is 5.76 Å². The number of carbonyl (C=O) groups excluding carboxylic acids is 1. The fourth-order valence-corrected chi connectivity index (χ4v) is 9.46. The van der Waals surface area contributed by atoms with E-state index < -0.39 is 11.2 Å². The van der Waals surface area contributed by atoms with Crippen molar-refractivity contribution in [1.82, 2.24) is 0 Å². The Morgan fingerprint density at radius 3 is 2.55 bits per heavy atom. The van der Waals surface area contributed by atoms with E-state index in [0.29, 0.717) is 41.6 Å². The van der Waals surface area contributed by atoms with Gasteiger partial charge in [0.05, 0.1) is 7.11 Å². The van der Waals surface area contributed by atoms with Gasteiger partial charge in [0.2, 0.25) is 0 Å². The van der Waals surface area contributed by atoms with Crippen molar-refractivity contribution in [2.24, 2.45) is 34.5 Å². The Balaban J connectivity index is 1.44. The predicted octanol–water partition coefficient (Wildman–Crippen LogP) is 6.47. The van der Waals surface area contributed by atoms with E-state index >= 15 is 0 Å². The van der Waals surface area contributed by atoms with Crippen molar-refractivity contribution in [2.45, 2.75) is 70.6 Å². The molecule has 0 spiro atoms. The van der Waals surface area contributed by atoms with E-state index in [1.807, 2.05) is 36.4 Å². The number of carbonyl (C=O) groups is 1. The van der Waals surface area contributed by atoms with Crippen LogP contribution in [0.25, 0.3) is 0 Å². The third-order valence-electron chi connectivity index (χ3n) is 9.91. The van der Waals surface area contributed by atoms with Crippen LogP contribution in [0.2, 0.25) is 0 Å². The number of fused-ring (bicyclic) bond motifs is 5. The van der Waals surface area contributed by atoms with Crippen LogP contribution in [0, 0.1) is 34.5 Å². The Morgan fingerprint density at radius 1 is 1.09 bits per heavy atom. The first-order valence-corrected chi connectivity index (χ1v) is 14.0. The van der Waals surface area contributed by atoms with Crippen molar-refractivity contribution < 1.29 is 14.1 Å². The van der Waals surface area contributed by atoms with Crippen molar-refractivity contribution >= 4 is 17.0 Å². The number of methoxy groups -OCH3 is 1. The molecule has 0 amide bonds. The monoisotopic (exact) mass is 466 g/mol. The molecule has 0 heterocycles. The molecule has 0 aromatic heterocycles. The second-order valence-electron chi connectivity index (χ2n) is 11.4. The normalized spacial score (nSPS) is 40.3. The first-order chi connectivity index (χ1) is 15.8. The topological polar surface area (TPSA) is 49.4 Å². The minimum Gasteiger partial charge on any atom is -0.611 e. The van der Waals surface area contributed by atoms with Crippen molar-refractivity contribution in [3.05, 3.63) is 53.3 Å². The Bertz CT molecular complexity index is 982. The lowest BCUT2D eigenvalue weighted by molar-refractivity contribution is -0.117. The Kier molecular flexibility index (Phi) is 6.06. The van der Waals surface area contributed by atoms with Gasteiger partial charge < -0.3 is 9.29 Å². The molecule has 1 aromatic carbocycles. The van der Waals surface area contributed by atoms with Gasteiger partial charge in [-0.2, -0.15) is 0 Å². The van der Waals surface area contributed by atoms with Crippen LogP contribution in [0.15, 0.2) is 58.2 Å². The Morgan fingerprint density at radius 2 is 1.82 bits per heavy atom. The van der Waals surface area contributed by atoms with Gasteiger partial charge in [-0.3, -0.25) is 4.79 Å². The minimum atomic E-state index is -1.09. The molecule has 3 nitrogen and oxygen atoms in total. The van der Waals surface area contributed by atoms with E-state index in [1.165, 1.54) is 36.8 Å². The van der Waals surface area contributed by atoms with Crippen LogP contribution in [0.1, 0.15) is 65.7 Å². The van der Waals surface area contributed by atoms with Crippen LogP contribution in [0.3, 0.4) is 0 Å². The summed E-state index contributed by atoms with van der Waals surface area (Å²) in [6.45, 7) is 7.26. The summed E-state index contributed by atoms with van der Waals surface area (Å²) >= 11 is -1.09. The molecule has 7 atom stereocenters. The van der Waals surface area contributed by atoms with Gasteiger partial charge in [-0.05, 0) is 108 Å². The molecule has 3 saturated carbocycles. The summed E-state index contributed by atoms with van der Waals surface area (Å²) in [6, 6.07) is 9.76. The lowest BCUT2D eigenvalue weighted by Gasteiger charge is -2.59. The van der Waals surface area contributed by atoms with Crippen LogP contribution in [-0.2, 0) is 20.7 Å². The van der Waals surface area contributed by atoms with Gasteiger partial charge in [0.15, 0.2) is 16.4 Å². The summed E-state index contributed by atoms with van der Waals surface area (Å²) in [5.74, 6) is 4.27. The molecule has 1 aromatic rings. The number of hydrogen-bond acceptors (Lipinski definition) is 3. The van der Waals surface area contributed by atoms with E-state index in [4.69, 9.17) is 4.74 Å². The largest absolute Gasteiger partial charge is 0.611 e. The number of hydrogen-bond donors (Lipinski definition) is 0. The highest BCUT2D eigenvalue weighted by molar-refractivity contribution is 7.91. The molecule has 4 heteroatoms. The second-order valence-corrected chi connectivity index (χ2v) is 12.9. The molecule has 4 aliphatic rings. The highest BCUT2D eigenvalue weighted by atomic mass is 32.2. The maximum Gasteiger partial charge on any atom is 0.167 e. The number of ketones is 1. The third kappa shape index (κ3) is 3.72. The molecular formula is C29H38O3S. The predicted molar refractivity (Wildman–Crippen MR) is 133 cm³/mol. The highest BCUT2D eigenvalue weighted by Gasteiger charge is 2.59. The number of benzene rings is 1. The molecular weight excluding hydrogens is 428 g/mol. The van der Waals surface area contributed by atoms with Crippen LogP contribution >= 0.6 is 0 Å². The lowest BCUT2D eigenvalue weighted by Crippen LogP contribution is -2.51. The van der Waals surface area contributed by atoms with Gasteiger partial charge in [0, 0.05) is 6.42 Å². The summed E-state index contributed by atoms with van der Waals surface area (Å²) in [7, 11) is 1.76. The van der Waals surface area contributed by atoms with E-state index in [9.17, 15) is 9.35 Å². The van der Waals surface area contributed by atoms with Crippen molar-refractivity contribution in [3.8, 4) is 0 Å². The minimum absolute atomic E-state index is 0.134. The molecule has 33 heavy (non-hydrogen) atoms. The van der Waals surface area contributed by atoms with Gasteiger partial charge in [-0.1, -0.05) is 44.5 Å². The molecule has 3 fully saturated rings. The maximum atomic E-state index is 13.1. The fraction of sp³-hybridized carbons (Fsp3) is 0.621. The standard InChI is InChI=1S/C29H38O3S/c1-19-16-22-23-10-11-25(27(32-4)18-33(31)21-8-6-5-7-9-21)28(23,2)15-13-24(22)29(3)14-12-20(30)17-26(19)29/h5-9,17,19,22-24H,10-16,18H2,1-4H3/t19-,22-,23-,24-,28-,29+,33?/m0/s1. The van der Waals surface area contributed by atoms with Crippen LogP contribution in [0.5, 0.6) is 0 Å². The number of ether oxygens (including phenoxy) is 1.